The molecule has 0 aliphatic carbocycles. The van der Waals surface area contributed by atoms with Gasteiger partial charge in [0.2, 0.25) is 0 Å². The van der Waals surface area contributed by atoms with Crippen LogP contribution in [0.4, 0.5) is 5.69 Å². The molecule has 0 aliphatic heterocycles. The Morgan fingerprint density at radius 3 is 2.61 bits per heavy atom. The third kappa shape index (κ3) is 3.50. The van der Waals surface area contributed by atoms with E-state index in [1.54, 1.807) is 0 Å². The van der Waals surface area contributed by atoms with Crippen molar-refractivity contribution in [3.05, 3.63) is 28.8 Å². The van der Waals surface area contributed by atoms with E-state index < -0.39 is 0 Å². The van der Waals surface area contributed by atoms with Crippen LogP contribution in [0.15, 0.2) is 12.1 Å². The van der Waals surface area contributed by atoms with E-state index in [1.165, 1.54) is 16.7 Å². The molecule has 0 aromatic heterocycles. The van der Waals surface area contributed by atoms with Gasteiger partial charge in [-0.2, -0.15) is 0 Å². The van der Waals surface area contributed by atoms with Crippen LogP contribution in [0.3, 0.4) is 0 Å². The van der Waals surface area contributed by atoms with E-state index in [2.05, 4.69) is 32.2 Å². The van der Waals surface area contributed by atoms with Gasteiger partial charge in [0.1, 0.15) is 7.85 Å². The van der Waals surface area contributed by atoms with Crippen LogP contribution < -0.4 is 11.1 Å². The lowest BCUT2D eigenvalue weighted by molar-refractivity contribution is 0.288. The molecular formula is C14H25BN2O. The zero-order valence-corrected chi connectivity index (χ0v) is 11.8. The Labute approximate surface area is 111 Å². The fourth-order valence-electron chi connectivity index (χ4n) is 2.51. The fraction of sp³-hybridized carbons (Fsp3) is 0.571. The summed E-state index contributed by atoms with van der Waals surface area (Å²) in [5.74, 6) is 0.416. The van der Waals surface area contributed by atoms with Gasteiger partial charge in [-0.25, -0.2) is 0 Å². The zero-order valence-electron chi connectivity index (χ0n) is 11.8. The van der Waals surface area contributed by atoms with Gasteiger partial charge in [0.05, 0.1) is 0 Å². The average Bonchev–Trinajstić information content (AvgIpc) is 2.37. The van der Waals surface area contributed by atoms with Gasteiger partial charge in [-0.1, -0.05) is 19.1 Å². The van der Waals surface area contributed by atoms with Crippen molar-refractivity contribution in [2.24, 2.45) is 0 Å². The van der Waals surface area contributed by atoms with E-state index in [-0.39, 0.29) is 6.61 Å². The van der Waals surface area contributed by atoms with Crippen molar-refractivity contribution in [1.82, 2.24) is 5.32 Å². The highest BCUT2D eigenvalue weighted by atomic mass is 16.2. The summed E-state index contributed by atoms with van der Waals surface area (Å²) in [6.45, 7) is 3.31. The van der Waals surface area contributed by atoms with Crippen molar-refractivity contribution < 1.29 is 5.11 Å². The number of likely N-dealkylation sites (N-methyl/N-ethyl adjacent to an activating group) is 1. The number of aryl methyl sites for hydroxylation is 2. The van der Waals surface area contributed by atoms with Crippen molar-refractivity contribution in [3.63, 3.8) is 0 Å². The van der Waals surface area contributed by atoms with Crippen molar-refractivity contribution in [1.29, 1.82) is 0 Å². The Morgan fingerprint density at radius 1 is 1.39 bits per heavy atom. The number of aliphatic hydroxyl groups excluding tert-OH is 1. The van der Waals surface area contributed by atoms with E-state index in [1.807, 2.05) is 7.05 Å². The molecule has 0 fully saturated rings. The number of hydrogen-bond acceptors (Lipinski definition) is 3. The fourth-order valence-corrected chi connectivity index (χ4v) is 2.51. The lowest BCUT2D eigenvalue weighted by Crippen LogP contribution is -2.20. The number of benzene rings is 1. The number of hydrogen-bond donors (Lipinski definition) is 3. The zero-order chi connectivity index (χ0) is 13.5. The first-order valence-corrected chi connectivity index (χ1v) is 6.81. The molecule has 0 saturated heterocycles. The molecule has 1 unspecified atom stereocenters. The molecule has 4 heteroatoms. The van der Waals surface area contributed by atoms with Gasteiger partial charge in [0.15, 0.2) is 0 Å². The minimum atomic E-state index is 0.219. The molecule has 18 heavy (non-hydrogen) atoms. The van der Waals surface area contributed by atoms with Gasteiger partial charge in [-0.05, 0) is 55.4 Å². The molecule has 1 aromatic carbocycles. The Kier molecular flexibility index (Phi) is 6.23. The minimum absolute atomic E-state index is 0.219. The molecular weight excluding hydrogens is 223 g/mol. The quantitative estimate of drug-likeness (QED) is 0.490. The smallest absolute Gasteiger partial charge is 0.112 e. The lowest BCUT2D eigenvalue weighted by Gasteiger charge is -2.20. The minimum Gasteiger partial charge on any atom is -0.398 e. The SMILES string of the molecule is BC(CNC)c1c(CC)ccc(CCCO)c1N. The molecule has 1 rings (SSSR count). The van der Waals surface area contributed by atoms with Crippen LogP contribution in [0.5, 0.6) is 0 Å². The van der Waals surface area contributed by atoms with Gasteiger partial charge >= 0.3 is 0 Å². The Hall–Kier alpha value is -0.995. The second kappa shape index (κ2) is 7.44. The maximum Gasteiger partial charge on any atom is 0.112 e. The number of nitrogens with one attached hydrogen (secondary N) is 1. The summed E-state index contributed by atoms with van der Waals surface area (Å²) >= 11 is 0. The van der Waals surface area contributed by atoms with E-state index in [4.69, 9.17) is 10.8 Å². The number of rotatable bonds is 7. The first kappa shape index (κ1) is 15.1. The molecule has 0 saturated carbocycles. The predicted molar refractivity (Wildman–Crippen MR) is 80.9 cm³/mol. The standard InChI is InChI=1S/C14H25BN2O/c1-3-10-6-7-11(5-4-8-18)14(16)13(10)12(15)9-17-2/h6-7,12,17-18H,3-5,8-9,15-16H2,1-2H3. The highest BCUT2D eigenvalue weighted by Gasteiger charge is 2.15. The number of anilines is 1. The molecule has 0 aliphatic rings. The van der Waals surface area contributed by atoms with Crippen LogP contribution in [0.2, 0.25) is 0 Å². The van der Waals surface area contributed by atoms with Crippen molar-refractivity contribution in [2.75, 3.05) is 25.9 Å². The lowest BCUT2D eigenvalue weighted by atomic mass is 9.76. The van der Waals surface area contributed by atoms with Crippen molar-refractivity contribution in [2.45, 2.75) is 32.0 Å². The number of aliphatic hydroxyl groups is 1. The van der Waals surface area contributed by atoms with E-state index in [0.29, 0.717) is 5.82 Å². The Bertz CT molecular complexity index is 382. The van der Waals surface area contributed by atoms with Gasteiger partial charge in [-0.3, -0.25) is 0 Å². The molecule has 0 radical (unpaired) electrons. The van der Waals surface area contributed by atoms with E-state index >= 15 is 0 Å². The van der Waals surface area contributed by atoms with Crippen LogP contribution in [-0.4, -0.2) is 33.2 Å². The van der Waals surface area contributed by atoms with Crippen molar-refractivity contribution >= 4 is 13.5 Å². The maximum atomic E-state index is 8.93. The molecule has 0 bridgehead atoms. The molecule has 1 aromatic rings. The summed E-state index contributed by atoms with van der Waals surface area (Å²) in [4.78, 5) is 0. The third-order valence-corrected chi connectivity index (χ3v) is 3.46. The van der Waals surface area contributed by atoms with Crippen LogP contribution >= 0.6 is 0 Å². The summed E-state index contributed by atoms with van der Waals surface area (Å²) in [7, 11) is 4.17. The predicted octanol–water partition coefficient (Wildman–Crippen LogP) is 0.650. The van der Waals surface area contributed by atoms with Crippen LogP contribution in [0.25, 0.3) is 0 Å². The van der Waals surface area contributed by atoms with Gasteiger partial charge in [0, 0.05) is 12.3 Å². The third-order valence-electron chi connectivity index (χ3n) is 3.46. The average molecular weight is 248 g/mol. The molecule has 0 amide bonds. The van der Waals surface area contributed by atoms with Crippen LogP contribution in [0.1, 0.15) is 35.9 Å². The number of nitrogen functional groups attached to an aromatic ring is 1. The molecule has 4 N–H and O–H groups in total. The molecule has 3 nitrogen and oxygen atoms in total. The Morgan fingerprint density at radius 2 is 2.06 bits per heavy atom. The van der Waals surface area contributed by atoms with Gasteiger partial charge in [0.25, 0.3) is 0 Å². The second-order valence-electron chi connectivity index (χ2n) is 4.85. The molecule has 0 heterocycles. The summed E-state index contributed by atoms with van der Waals surface area (Å²) in [5.41, 5.74) is 11.0. The number of nitrogens with two attached hydrogens (primary N) is 1. The van der Waals surface area contributed by atoms with Crippen LogP contribution in [0, 0.1) is 0 Å². The van der Waals surface area contributed by atoms with E-state index in [0.717, 1.165) is 31.5 Å². The largest absolute Gasteiger partial charge is 0.398 e. The maximum absolute atomic E-state index is 8.93. The first-order valence-electron chi connectivity index (χ1n) is 6.81. The van der Waals surface area contributed by atoms with Crippen LogP contribution in [-0.2, 0) is 12.8 Å². The summed E-state index contributed by atoms with van der Waals surface area (Å²) in [6.07, 6.45) is 2.63. The van der Waals surface area contributed by atoms with Crippen molar-refractivity contribution in [3.8, 4) is 0 Å². The highest BCUT2D eigenvalue weighted by molar-refractivity contribution is 6.13. The summed E-state index contributed by atoms with van der Waals surface area (Å²) in [6, 6.07) is 4.30. The topological polar surface area (TPSA) is 58.3 Å². The summed E-state index contributed by atoms with van der Waals surface area (Å²) < 4.78 is 0. The van der Waals surface area contributed by atoms with E-state index in [9.17, 15) is 0 Å². The van der Waals surface area contributed by atoms with Gasteiger partial charge in [-0.15, -0.1) is 0 Å². The van der Waals surface area contributed by atoms with Gasteiger partial charge < -0.3 is 16.2 Å². The monoisotopic (exact) mass is 248 g/mol. The normalized spacial score (nSPS) is 12.6. The molecule has 100 valence electrons. The summed E-state index contributed by atoms with van der Waals surface area (Å²) in [5, 5.41) is 12.1. The highest BCUT2D eigenvalue weighted by Crippen LogP contribution is 2.29. The second-order valence-corrected chi connectivity index (χ2v) is 4.85. The molecule has 0 spiro atoms. The first-order chi connectivity index (χ1) is 8.65. The Balaban J connectivity index is 3.09. The molecule has 1 atom stereocenters.